The lowest BCUT2D eigenvalue weighted by Gasteiger charge is -2.05. The van der Waals surface area contributed by atoms with Crippen molar-refractivity contribution in [2.45, 2.75) is 6.10 Å². The maximum absolute atomic E-state index is 11.1. The number of aliphatic hydroxyl groups excluding tert-OH is 1. The molecule has 0 saturated carbocycles. The van der Waals surface area contributed by atoms with E-state index in [0.29, 0.717) is 0 Å². The fourth-order valence-electron chi connectivity index (χ4n) is 0.631. The van der Waals surface area contributed by atoms with Gasteiger partial charge in [-0.15, -0.1) is 5.10 Å². The molecule has 1 unspecified atom stereocenters. The van der Waals surface area contributed by atoms with Crippen LogP contribution in [-0.2, 0) is 4.79 Å². The van der Waals surface area contributed by atoms with E-state index in [4.69, 9.17) is 10.2 Å². The Bertz CT molecular complexity index is 326. The maximum Gasteiger partial charge on any atom is 0.334 e. The molecule has 0 aromatic carbocycles. The summed E-state index contributed by atoms with van der Waals surface area (Å²) < 4.78 is 3.46. The zero-order chi connectivity index (χ0) is 10.6. The van der Waals surface area contributed by atoms with Gasteiger partial charge < -0.3 is 15.5 Å². The van der Waals surface area contributed by atoms with Gasteiger partial charge in [-0.1, -0.05) is 4.49 Å². The molecule has 1 amide bonds. The Morgan fingerprint density at radius 1 is 1.64 bits per heavy atom. The van der Waals surface area contributed by atoms with Crippen LogP contribution >= 0.6 is 11.5 Å². The SMILES string of the molecule is O=C(NCC(O)C(=O)O)c1cnns1. The number of carbonyl (C=O) groups is 2. The van der Waals surface area contributed by atoms with E-state index in [1.54, 1.807) is 0 Å². The van der Waals surface area contributed by atoms with Crippen molar-refractivity contribution in [3.63, 3.8) is 0 Å². The lowest BCUT2D eigenvalue weighted by Crippen LogP contribution is -2.36. The number of nitrogens with one attached hydrogen (secondary N) is 1. The minimum absolute atomic E-state index is 0.266. The summed E-state index contributed by atoms with van der Waals surface area (Å²) in [6.07, 6.45) is -0.340. The molecule has 8 heteroatoms. The maximum atomic E-state index is 11.1. The van der Waals surface area contributed by atoms with Crippen molar-refractivity contribution in [2.24, 2.45) is 0 Å². The van der Waals surface area contributed by atoms with Crippen LogP contribution in [-0.4, -0.2) is 44.3 Å². The Morgan fingerprint density at radius 3 is 2.86 bits per heavy atom. The second-order valence-corrected chi connectivity index (χ2v) is 3.13. The molecule has 1 rings (SSSR count). The Hall–Kier alpha value is -1.54. The highest BCUT2D eigenvalue weighted by Crippen LogP contribution is 2.00. The lowest BCUT2D eigenvalue weighted by molar-refractivity contribution is -0.146. The summed E-state index contributed by atoms with van der Waals surface area (Å²) in [6, 6.07) is 0. The number of hydrogen-bond acceptors (Lipinski definition) is 6. The number of rotatable bonds is 4. The smallest absolute Gasteiger partial charge is 0.334 e. The number of carboxylic acid groups (broad SMARTS) is 1. The van der Waals surface area contributed by atoms with Crippen LogP contribution in [0, 0.1) is 0 Å². The van der Waals surface area contributed by atoms with Crippen LogP contribution in [0.5, 0.6) is 0 Å². The van der Waals surface area contributed by atoms with E-state index in [2.05, 4.69) is 14.9 Å². The Labute approximate surface area is 82.5 Å². The van der Waals surface area contributed by atoms with Crippen LogP contribution in [0.4, 0.5) is 0 Å². The van der Waals surface area contributed by atoms with Crippen molar-refractivity contribution < 1.29 is 19.8 Å². The van der Waals surface area contributed by atoms with E-state index in [1.165, 1.54) is 6.20 Å². The molecule has 0 fully saturated rings. The van der Waals surface area contributed by atoms with Gasteiger partial charge in [0.15, 0.2) is 6.10 Å². The molecular weight excluding hydrogens is 210 g/mol. The van der Waals surface area contributed by atoms with Gasteiger partial charge in [0.25, 0.3) is 5.91 Å². The largest absolute Gasteiger partial charge is 0.479 e. The van der Waals surface area contributed by atoms with Crippen LogP contribution < -0.4 is 5.32 Å². The number of aliphatic carboxylic acids is 1. The third-order valence-corrected chi connectivity index (χ3v) is 1.99. The molecule has 0 saturated heterocycles. The van der Waals surface area contributed by atoms with Crippen molar-refractivity contribution in [1.29, 1.82) is 0 Å². The van der Waals surface area contributed by atoms with Gasteiger partial charge in [-0.2, -0.15) is 0 Å². The molecule has 1 atom stereocenters. The van der Waals surface area contributed by atoms with E-state index in [9.17, 15) is 9.59 Å². The van der Waals surface area contributed by atoms with E-state index in [0.717, 1.165) is 11.5 Å². The third kappa shape index (κ3) is 2.75. The summed E-state index contributed by atoms with van der Waals surface area (Å²) in [6.45, 7) is -0.341. The van der Waals surface area contributed by atoms with E-state index in [1.807, 2.05) is 0 Å². The molecule has 7 nitrogen and oxygen atoms in total. The van der Waals surface area contributed by atoms with Crippen LogP contribution in [0.1, 0.15) is 9.67 Å². The molecular formula is C6H7N3O4S. The number of amides is 1. The third-order valence-electron chi connectivity index (χ3n) is 1.33. The van der Waals surface area contributed by atoms with Crippen LogP contribution in [0.2, 0.25) is 0 Å². The van der Waals surface area contributed by atoms with Gasteiger partial charge in [-0.3, -0.25) is 4.79 Å². The van der Waals surface area contributed by atoms with Gasteiger partial charge in [0.05, 0.1) is 12.7 Å². The minimum Gasteiger partial charge on any atom is -0.479 e. The van der Waals surface area contributed by atoms with Crippen LogP contribution in [0.25, 0.3) is 0 Å². The fourth-order valence-corrected chi connectivity index (χ4v) is 1.06. The number of hydrogen-bond donors (Lipinski definition) is 3. The summed E-state index contributed by atoms with van der Waals surface area (Å²) >= 11 is 0.889. The molecule has 14 heavy (non-hydrogen) atoms. The highest BCUT2D eigenvalue weighted by Gasteiger charge is 2.15. The number of carbonyl (C=O) groups excluding carboxylic acids is 1. The van der Waals surface area contributed by atoms with E-state index in [-0.39, 0.29) is 11.4 Å². The molecule has 0 spiro atoms. The van der Waals surface area contributed by atoms with Gasteiger partial charge in [-0.25, -0.2) is 4.79 Å². The highest BCUT2D eigenvalue weighted by atomic mass is 32.1. The second-order valence-electron chi connectivity index (χ2n) is 2.35. The van der Waals surface area contributed by atoms with Gasteiger partial charge in [-0.05, 0) is 11.5 Å². The topological polar surface area (TPSA) is 112 Å². The predicted molar refractivity (Wildman–Crippen MR) is 45.9 cm³/mol. The summed E-state index contributed by atoms with van der Waals surface area (Å²) in [5.41, 5.74) is 0. The average Bonchev–Trinajstić information content (AvgIpc) is 2.66. The molecule has 76 valence electrons. The summed E-state index contributed by atoms with van der Waals surface area (Å²) in [5, 5.41) is 22.8. The molecule has 1 aromatic heterocycles. The highest BCUT2D eigenvalue weighted by molar-refractivity contribution is 7.07. The molecule has 3 N–H and O–H groups in total. The van der Waals surface area contributed by atoms with Crippen molar-refractivity contribution in [2.75, 3.05) is 6.54 Å². The Morgan fingerprint density at radius 2 is 2.36 bits per heavy atom. The average molecular weight is 217 g/mol. The van der Waals surface area contributed by atoms with Crippen molar-refractivity contribution >= 4 is 23.4 Å². The fraction of sp³-hybridized carbons (Fsp3) is 0.333. The lowest BCUT2D eigenvalue weighted by atomic mass is 10.3. The van der Waals surface area contributed by atoms with Crippen molar-refractivity contribution in [3.05, 3.63) is 11.1 Å². The standard InChI is InChI=1S/C6H7N3O4S/c10-3(6(12)13)1-7-5(11)4-2-8-9-14-4/h2-3,10H,1H2,(H,7,11)(H,12,13). The predicted octanol–water partition coefficient (Wildman–Crippen LogP) is -1.29. The second kappa shape index (κ2) is 4.63. The van der Waals surface area contributed by atoms with E-state index < -0.39 is 18.0 Å². The molecule has 0 aliphatic rings. The van der Waals surface area contributed by atoms with Crippen LogP contribution in [0.15, 0.2) is 6.20 Å². The van der Waals surface area contributed by atoms with Gasteiger partial charge in [0, 0.05) is 0 Å². The van der Waals surface area contributed by atoms with Crippen molar-refractivity contribution in [1.82, 2.24) is 14.9 Å². The molecule has 0 bridgehead atoms. The summed E-state index contributed by atoms with van der Waals surface area (Å²) in [4.78, 5) is 21.6. The molecule has 0 radical (unpaired) electrons. The van der Waals surface area contributed by atoms with Gasteiger partial charge >= 0.3 is 5.97 Å². The Kier molecular flexibility index (Phi) is 3.48. The Balaban J connectivity index is 2.40. The van der Waals surface area contributed by atoms with Gasteiger partial charge in [0.2, 0.25) is 0 Å². The number of carboxylic acids is 1. The quantitative estimate of drug-likeness (QED) is 0.578. The van der Waals surface area contributed by atoms with E-state index >= 15 is 0 Å². The molecule has 1 aromatic rings. The first kappa shape index (κ1) is 10.5. The molecule has 0 aliphatic carbocycles. The monoisotopic (exact) mass is 217 g/mol. The summed E-state index contributed by atoms with van der Waals surface area (Å²) in [7, 11) is 0. The minimum atomic E-state index is -1.60. The number of aliphatic hydroxyl groups is 1. The first-order chi connectivity index (χ1) is 6.61. The first-order valence-electron chi connectivity index (χ1n) is 3.57. The van der Waals surface area contributed by atoms with Crippen molar-refractivity contribution in [3.8, 4) is 0 Å². The molecule has 1 heterocycles. The van der Waals surface area contributed by atoms with Crippen LogP contribution in [0.3, 0.4) is 0 Å². The zero-order valence-electron chi connectivity index (χ0n) is 6.88. The first-order valence-corrected chi connectivity index (χ1v) is 4.35. The van der Waals surface area contributed by atoms with Gasteiger partial charge in [0.1, 0.15) is 4.88 Å². The zero-order valence-corrected chi connectivity index (χ0v) is 7.69. The molecule has 0 aliphatic heterocycles. The number of aromatic nitrogens is 2. The number of nitrogens with zero attached hydrogens (tertiary/aromatic N) is 2. The summed E-state index contributed by atoms with van der Waals surface area (Å²) in [5.74, 6) is -1.88. The normalized spacial score (nSPS) is 12.1.